The topological polar surface area (TPSA) is 56.8 Å². The van der Waals surface area contributed by atoms with Crippen LogP contribution >= 0.6 is 0 Å². The van der Waals surface area contributed by atoms with E-state index in [1.54, 1.807) is 0 Å². The number of rotatable bonds is 11. The summed E-state index contributed by atoms with van der Waals surface area (Å²) < 4.78 is 17.4. The Morgan fingerprint density at radius 3 is 2.27 bits per heavy atom. The summed E-state index contributed by atoms with van der Waals surface area (Å²) in [5.74, 6) is 0.0368. The van der Waals surface area contributed by atoms with Gasteiger partial charge in [0.05, 0.1) is 5.92 Å². The highest BCUT2D eigenvalue weighted by atomic mass is 28.4. The van der Waals surface area contributed by atoms with Gasteiger partial charge in [0.1, 0.15) is 0 Å². The molecule has 1 rings (SSSR count). The molecule has 0 aliphatic heterocycles. The molecule has 1 aliphatic rings. The highest BCUT2D eigenvalue weighted by Crippen LogP contribution is 2.18. The van der Waals surface area contributed by atoms with Gasteiger partial charge in [0.25, 0.3) is 0 Å². The van der Waals surface area contributed by atoms with E-state index in [1.165, 1.54) is 0 Å². The molecule has 5 nitrogen and oxygen atoms in total. The molecule has 1 unspecified atom stereocenters. The fraction of sp³-hybridized carbons (Fsp3) is 0.688. The van der Waals surface area contributed by atoms with Crippen molar-refractivity contribution in [2.75, 3.05) is 26.4 Å². The Kier molecular flexibility index (Phi) is 9.30. The fourth-order valence-corrected chi connectivity index (χ4v) is 5.04. The van der Waals surface area contributed by atoms with Crippen LogP contribution in [0.15, 0.2) is 24.3 Å². The molecule has 0 aromatic carbocycles. The van der Waals surface area contributed by atoms with E-state index in [2.05, 4.69) is 5.32 Å². The maximum absolute atomic E-state index is 12.0. The molecule has 1 N–H and O–H groups in total. The van der Waals surface area contributed by atoms with Crippen molar-refractivity contribution < 1.29 is 18.1 Å². The number of amides is 1. The van der Waals surface area contributed by atoms with Gasteiger partial charge in [-0.25, -0.2) is 0 Å². The predicted octanol–water partition coefficient (Wildman–Crippen LogP) is 2.67. The first-order chi connectivity index (χ1) is 10.7. The molecule has 126 valence electrons. The fourth-order valence-electron chi connectivity index (χ4n) is 2.42. The second kappa shape index (κ2) is 10.7. The zero-order chi connectivity index (χ0) is 16.3. The summed E-state index contributed by atoms with van der Waals surface area (Å²) >= 11 is 0. The van der Waals surface area contributed by atoms with E-state index in [1.807, 2.05) is 45.1 Å². The Morgan fingerprint density at radius 2 is 1.77 bits per heavy atom. The second-order valence-electron chi connectivity index (χ2n) is 5.03. The van der Waals surface area contributed by atoms with Crippen LogP contribution in [0.1, 0.15) is 33.6 Å². The minimum atomic E-state index is -2.58. The van der Waals surface area contributed by atoms with Crippen molar-refractivity contribution in [1.82, 2.24) is 5.32 Å². The maximum Gasteiger partial charge on any atom is 0.500 e. The van der Waals surface area contributed by atoms with Crippen molar-refractivity contribution in [2.45, 2.75) is 39.7 Å². The van der Waals surface area contributed by atoms with Gasteiger partial charge in [-0.15, -0.1) is 0 Å². The van der Waals surface area contributed by atoms with Gasteiger partial charge in [-0.05, 0) is 33.6 Å². The van der Waals surface area contributed by atoms with E-state index in [4.69, 9.17) is 13.3 Å². The smallest absolute Gasteiger partial charge is 0.374 e. The zero-order valence-electron chi connectivity index (χ0n) is 14.0. The van der Waals surface area contributed by atoms with Crippen molar-refractivity contribution >= 4 is 14.7 Å². The van der Waals surface area contributed by atoms with Crippen LogP contribution in [-0.4, -0.2) is 41.1 Å². The van der Waals surface area contributed by atoms with Gasteiger partial charge in [0.2, 0.25) is 5.91 Å². The van der Waals surface area contributed by atoms with E-state index in [0.717, 1.165) is 18.9 Å². The molecule has 0 saturated carbocycles. The lowest BCUT2D eigenvalue weighted by atomic mass is 10.0. The van der Waals surface area contributed by atoms with Crippen molar-refractivity contribution in [3.05, 3.63) is 24.3 Å². The molecule has 22 heavy (non-hydrogen) atoms. The third-order valence-corrected chi connectivity index (χ3v) is 6.52. The quantitative estimate of drug-likeness (QED) is 0.468. The zero-order valence-corrected chi connectivity index (χ0v) is 15.0. The largest absolute Gasteiger partial charge is 0.500 e. The number of carbonyl (C=O) groups is 1. The van der Waals surface area contributed by atoms with Crippen LogP contribution in [-0.2, 0) is 18.1 Å². The van der Waals surface area contributed by atoms with E-state index >= 15 is 0 Å². The SMILES string of the molecule is CCO[Si](CCCNC(=O)C1C=CC=CC1)(OCC)OCC. The van der Waals surface area contributed by atoms with Crippen LogP contribution in [0, 0.1) is 5.92 Å². The summed E-state index contributed by atoms with van der Waals surface area (Å²) in [5.41, 5.74) is 0. The average molecular weight is 327 g/mol. The number of carbonyl (C=O) groups excluding carboxylic acids is 1. The van der Waals surface area contributed by atoms with Gasteiger partial charge in [-0.1, -0.05) is 24.3 Å². The maximum atomic E-state index is 12.0. The van der Waals surface area contributed by atoms with Crippen LogP contribution in [0.25, 0.3) is 0 Å². The number of hydrogen-bond acceptors (Lipinski definition) is 4. The number of hydrogen-bond donors (Lipinski definition) is 1. The van der Waals surface area contributed by atoms with Crippen LogP contribution in [0.2, 0.25) is 6.04 Å². The van der Waals surface area contributed by atoms with Crippen molar-refractivity contribution in [3.8, 4) is 0 Å². The molecule has 0 heterocycles. The first-order valence-corrected chi connectivity index (χ1v) is 10.1. The van der Waals surface area contributed by atoms with Gasteiger partial charge in [0.15, 0.2) is 0 Å². The number of allylic oxidation sites excluding steroid dienone is 3. The molecular weight excluding hydrogens is 298 g/mol. The van der Waals surface area contributed by atoms with Gasteiger partial charge in [0, 0.05) is 32.4 Å². The Bertz CT molecular complexity index is 367. The first-order valence-electron chi connectivity index (χ1n) is 8.20. The summed E-state index contributed by atoms with van der Waals surface area (Å²) in [4.78, 5) is 12.0. The van der Waals surface area contributed by atoms with E-state index in [9.17, 15) is 4.79 Å². The summed E-state index contributed by atoms with van der Waals surface area (Å²) in [7, 11) is -2.58. The van der Waals surface area contributed by atoms with Gasteiger partial charge in [-0.2, -0.15) is 0 Å². The Hall–Kier alpha value is -0.953. The van der Waals surface area contributed by atoms with Gasteiger partial charge < -0.3 is 18.6 Å². The van der Waals surface area contributed by atoms with Crippen molar-refractivity contribution in [3.63, 3.8) is 0 Å². The van der Waals surface area contributed by atoms with Gasteiger partial charge >= 0.3 is 8.80 Å². The molecule has 1 aliphatic carbocycles. The minimum absolute atomic E-state index is 0.0438. The normalized spacial score (nSPS) is 17.7. The molecule has 0 saturated heterocycles. The lowest BCUT2D eigenvalue weighted by Crippen LogP contribution is -2.46. The van der Waals surface area contributed by atoms with E-state index in [0.29, 0.717) is 26.4 Å². The van der Waals surface area contributed by atoms with Crippen LogP contribution in [0.5, 0.6) is 0 Å². The highest BCUT2D eigenvalue weighted by molar-refractivity contribution is 6.60. The monoisotopic (exact) mass is 327 g/mol. The molecule has 1 amide bonds. The molecule has 0 fully saturated rings. The summed E-state index contributed by atoms with van der Waals surface area (Å²) in [6.07, 6.45) is 9.42. The van der Waals surface area contributed by atoms with Crippen LogP contribution in [0.3, 0.4) is 0 Å². The van der Waals surface area contributed by atoms with E-state index in [-0.39, 0.29) is 11.8 Å². The molecule has 0 radical (unpaired) electrons. The molecular formula is C16H29NO4Si. The Balaban J connectivity index is 2.36. The Morgan fingerprint density at radius 1 is 1.14 bits per heavy atom. The lowest BCUT2D eigenvalue weighted by molar-refractivity contribution is -0.123. The first kappa shape index (κ1) is 19.1. The standard InChI is InChI=1S/C16H29NO4Si/c1-4-19-22(20-5-2,21-6-3)14-10-13-17-16(18)15-11-8-7-9-12-15/h7-9,11,15H,4-6,10,12-14H2,1-3H3,(H,17,18). The molecule has 0 aromatic rings. The molecule has 1 atom stereocenters. The third kappa shape index (κ3) is 6.44. The number of nitrogens with one attached hydrogen (secondary N) is 1. The molecule has 0 aromatic heterocycles. The van der Waals surface area contributed by atoms with Crippen LogP contribution < -0.4 is 5.32 Å². The predicted molar refractivity (Wildman–Crippen MR) is 89.5 cm³/mol. The molecule has 0 bridgehead atoms. The summed E-state index contributed by atoms with van der Waals surface area (Å²) in [5, 5.41) is 2.98. The molecule has 0 spiro atoms. The second-order valence-corrected chi connectivity index (χ2v) is 7.76. The summed E-state index contributed by atoms with van der Waals surface area (Å²) in [6.45, 7) is 8.21. The highest BCUT2D eigenvalue weighted by Gasteiger charge is 2.39. The lowest BCUT2D eigenvalue weighted by Gasteiger charge is -2.28. The van der Waals surface area contributed by atoms with Crippen molar-refractivity contribution in [2.24, 2.45) is 5.92 Å². The third-order valence-electron chi connectivity index (χ3n) is 3.37. The van der Waals surface area contributed by atoms with Crippen LogP contribution in [0.4, 0.5) is 0 Å². The van der Waals surface area contributed by atoms with Crippen molar-refractivity contribution in [1.29, 1.82) is 0 Å². The average Bonchev–Trinajstić information content (AvgIpc) is 2.53. The Labute approximate surface area is 135 Å². The van der Waals surface area contributed by atoms with E-state index < -0.39 is 8.80 Å². The molecule has 6 heteroatoms. The van der Waals surface area contributed by atoms with Gasteiger partial charge in [-0.3, -0.25) is 4.79 Å². The minimum Gasteiger partial charge on any atom is -0.374 e. The summed E-state index contributed by atoms with van der Waals surface area (Å²) in [6, 6.07) is 0.725.